The Morgan fingerprint density at radius 1 is 1.20 bits per heavy atom. The SMILES string of the molecule is O=C(O)c1cc(-c2ccccc2C(F)(F)F)nnc1Cl. The molecular weight excluding hydrogens is 297 g/mol. The van der Waals surface area contributed by atoms with E-state index in [2.05, 4.69) is 10.2 Å². The van der Waals surface area contributed by atoms with E-state index in [0.29, 0.717) is 0 Å². The van der Waals surface area contributed by atoms with Crippen molar-refractivity contribution in [1.29, 1.82) is 0 Å². The van der Waals surface area contributed by atoms with E-state index in [1.165, 1.54) is 18.2 Å². The molecule has 0 fully saturated rings. The molecule has 8 heteroatoms. The first kappa shape index (κ1) is 14.3. The highest BCUT2D eigenvalue weighted by molar-refractivity contribution is 6.32. The molecule has 2 aromatic rings. The molecule has 0 saturated heterocycles. The maximum Gasteiger partial charge on any atom is 0.417 e. The maximum absolute atomic E-state index is 12.9. The van der Waals surface area contributed by atoms with Gasteiger partial charge in [0.15, 0.2) is 5.15 Å². The second-order valence-corrected chi connectivity index (χ2v) is 4.14. The fourth-order valence-corrected chi connectivity index (χ4v) is 1.79. The first-order valence-electron chi connectivity index (χ1n) is 5.24. The van der Waals surface area contributed by atoms with Gasteiger partial charge in [-0.05, 0) is 12.1 Å². The summed E-state index contributed by atoms with van der Waals surface area (Å²) in [5.74, 6) is -1.39. The Morgan fingerprint density at radius 2 is 1.85 bits per heavy atom. The van der Waals surface area contributed by atoms with E-state index in [1.54, 1.807) is 0 Å². The summed E-state index contributed by atoms with van der Waals surface area (Å²) in [6, 6.07) is 5.65. The van der Waals surface area contributed by atoms with Crippen LogP contribution in [-0.2, 0) is 6.18 Å². The molecule has 0 bridgehead atoms. The molecule has 4 nitrogen and oxygen atoms in total. The van der Waals surface area contributed by atoms with Gasteiger partial charge in [0, 0.05) is 5.56 Å². The topological polar surface area (TPSA) is 63.1 Å². The molecule has 0 atom stereocenters. The van der Waals surface area contributed by atoms with Crippen LogP contribution in [0.3, 0.4) is 0 Å². The smallest absolute Gasteiger partial charge is 0.417 e. The van der Waals surface area contributed by atoms with Gasteiger partial charge in [0.2, 0.25) is 0 Å². The molecule has 20 heavy (non-hydrogen) atoms. The van der Waals surface area contributed by atoms with Crippen LogP contribution in [0.5, 0.6) is 0 Å². The Hall–Kier alpha value is -2.15. The Bertz CT molecular complexity index is 674. The number of alkyl halides is 3. The lowest BCUT2D eigenvalue weighted by Crippen LogP contribution is -2.08. The van der Waals surface area contributed by atoms with Crippen LogP contribution in [0.4, 0.5) is 13.2 Å². The van der Waals surface area contributed by atoms with E-state index in [-0.39, 0.29) is 16.4 Å². The number of nitrogens with zero attached hydrogens (tertiary/aromatic N) is 2. The molecule has 1 aromatic heterocycles. The van der Waals surface area contributed by atoms with Crippen LogP contribution in [0.1, 0.15) is 15.9 Å². The molecule has 0 radical (unpaired) electrons. The number of aromatic carboxylic acids is 1. The second kappa shape index (κ2) is 5.09. The zero-order valence-corrected chi connectivity index (χ0v) is 10.4. The monoisotopic (exact) mass is 302 g/mol. The lowest BCUT2D eigenvalue weighted by Gasteiger charge is -2.12. The lowest BCUT2D eigenvalue weighted by molar-refractivity contribution is -0.137. The minimum absolute atomic E-state index is 0.209. The Kier molecular flexibility index (Phi) is 3.63. The van der Waals surface area contributed by atoms with Gasteiger partial charge >= 0.3 is 12.1 Å². The zero-order valence-electron chi connectivity index (χ0n) is 9.65. The average molecular weight is 303 g/mol. The number of halogens is 4. The van der Waals surface area contributed by atoms with Crippen molar-refractivity contribution >= 4 is 17.6 Å². The van der Waals surface area contributed by atoms with Gasteiger partial charge in [-0.15, -0.1) is 10.2 Å². The highest BCUT2D eigenvalue weighted by Crippen LogP contribution is 2.36. The molecule has 0 aliphatic carbocycles. The number of benzene rings is 1. The molecular formula is C12H6ClF3N2O2. The van der Waals surface area contributed by atoms with Crippen LogP contribution in [-0.4, -0.2) is 21.3 Å². The highest BCUT2D eigenvalue weighted by Gasteiger charge is 2.34. The minimum Gasteiger partial charge on any atom is -0.478 e. The number of aromatic nitrogens is 2. The average Bonchev–Trinajstić information content (AvgIpc) is 2.38. The molecule has 0 aliphatic heterocycles. The summed E-state index contributed by atoms with van der Waals surface area (Å²) in [6.45, 7) is 0. The number of rotatable bonds is 2. The van der Waals surface area contributed by atoms with Gasteiger partial charge in [-0.3, -0.25) is 0 Å². The van der Waals surface area contributed by atoms with Gasteiger partial charge in [-0.1, -0.05) is 29.8 Å². The van der Waals surface area contributed by atoms with Gasteiger partial charge < -0.3 is 5.11 Å². The first-order chi connectivity index (χ1) is 9.30. The summed E-state index contributed by atoms with van der Waals surface area (Å²) in [6.07, 6.45) is -4.58. The van der Waals surface area contributed by atoms with Crippen molar-refractivity contribution in [2.24, 2.45) is 0 Å². The standard InChI is InChI=1S/C12H6ClF3N2O2/c13-10-7(11(19)20)5-9(17-18-10)6-3-1-2-4-8(6)12(14,15)16/h1-5H,(H,19,20). The van der Waals surface area contributed by atoms with Crippen molar-refractivity contribution in [2.45, 2.75) is 6.18 Å². The molecule has 1 N–H and O–H groups in total. The van der Waals surface area contributed by atoms with E-state index < -0.39 is 23.3 Å². The molecule has 0 aliphatic rings. The van der Waals surface area contributed by atoms with Crippen molar-refractivity contribution in [2.75, 3.05) is 0 Å². The quantitative estimate of drug-likeness (QED) is 0.922. The van der Waals surface area contributed by atoms with E-state index >= 15 is 0 Å². The van der Waals surface area contributed by atoms with E-state index in [0.717, 1.165) is 12.1 Å². The van der Waals surface area contributed by atoms with Crippen molar-refractivity contribution in [1.82, 2.24) is 10.2 Å². The molecule has 1 heterocycles. The van der Waals surface area contributed by atoms with E-state index in [1.807, 2.05) is 0 Å². The maximum atomic E-state index is 12.9. The van der Waals surface area contributed by atoms with Gasteiger partial charge in [-0.25, -0.2) is 4.79 Å². The van der Waals surface area contributed by atoms with Crippen molar-refractivity contribution in [3.05, 3.63) is 46.6 Å². The third-order valence-electron chi connectivity index (χ3n) is 2.49. The van der Waals surface area contributed by atoms with Crippen molar-refractivity contribution in [3.63, 3.8) is 0 Å². The Labute approximate surface area is 115 Å². The predicted molar refractivity (Wildman–Crippen MR) is 64.4 cm³/mol. The number of carboxylic acids is 1. The zero-order chi connectivity index (χ0) is 14.9. The van der Waals surface area contributed by atoms with Crippen LogP contribution < -0.4 is 0 Å². The van der Waals surface area contributed by atoms with Crippen LogP contribution >= 0.6 is 11.6 Å². The molecule has 0 amide bonds. The lowest BCUT2D eigenvalue weighted by atomic mass is 10.0. The predicted octanol–water partition coefficient (Wildman–Crippen LogP) is 3.51. The number of carbonyl (C=O) groups is 1. The Morgan fingerprint density at radius 3 is 2.45 bits per heavy atom. The number of hydrogen-bond donors (Lipinski definition) is 1. The fourth-order valence-electron chi connectivity index (χ4n) is 1.61. The van der Waals surface area contributed by atoms with Gasteiger partial charge in [0.1, 0.15) is 5.56 Å². The fraction of sp³-hybridized carbons (Fsp3) is 0.0833. The summed E-state index contributed by atoms with van der Waals surface area (Å²) >= 11 is 5.53. The molecule has 2 rings (SSSR count). The summed E-state index contributed by atoms with van der Waals surface area (Å²) in [5, 5.41) is 15.4. The van der Waals surface area contributed by atoms with Gasteiger partial charge in [-0.2, -0.15) is 13.2 Å². The summed E-state index contributed by atoms with van der Waals surface area (Å²) in [4.78, 5) is 10.9. The summed E-state index contributed by atoms with van der Waals surface area (Å²) < 4.78 is 38.6. The van der Waals surface area contributed by atoms with Crippen LogP contribution in [0.15, 0.2) is 30.3 Å². The minimum atomic E-state index is -4.58. The molecule has 104 valence electrons. The van der Waals surface area contributed by atoms with Crippen molar-refractivity contribution < 1.29 is 23.1 Å². The number of carboxylic acid groups (broad SMARTS) is 1. The molecule has 1 aromatic carbocycles. The normalized spacial score (nSPS) is 11.4. The van der Waals surface area contributed by atoms with Gasteiger partial charge in [0.05, 0.1) is 11.3 Å². The molecule has 0 spiro atoms. The largest absolute Gasteiger partial charge is 0.478 e. The third kappa shape index (κ3) is 2.72. The van der Waals surface area contributed by atoms with Crippen molar-refractivity contribution in [3.8, 4) is 11.3 Å². The van der Waals surface area contributed by atoms with Crippen LogP contribution in [0.2, 0.25) is 5.15 Å². The molecule has 0 unspecified atom stereocenters. The second-order valence-electron chi connectivity index (χ2n) is 3.78. The number of hydrogen-bond acceptors (Lipinski definition) is 3. The highest BCUT2D eigenvalue weighted by atomic mass is 35.5. The van der Waals surface area contributed by atoms with Gasteiger partial charge in [0.25, 0.3) is 0 Å². The molecule has 0 saturated carbocycles. The van der Waals surface area contributed by atoms with E-state index in [4.69, 9.17) is 16.7 Å². The first-order valence-corrected chi connectivity index (χ1v) is 5.61. The van der Waals surface area contributed by atoms with Crippen LogP contribution in [0.25, 0.3) is 11.3 Å². The van der Waals surface area contributed by atoms with Crippen LogP contribution in [0, 0.1) is 0 Å². The third-order valence-corrected chi connectivity index (χ3v) is 2.77. The Balaban J connectivity index is 2.64. The summed E-state index contributed by atoms with van der Waals surface area (Å²) in [7, 11) is 0. The van der Waals surface area contributed by atoms with E-state index in [9.17, 15) is 18.0 Å². The summed E-state index contributed by atoms with van der Waals surface area (Å²) in [5.41, 5.74) is -1.80.